The zero-order valence-corrected chi connectivity index (χ0v) is 19.2. The van der Waals surface area contributed by atoms with Gasteiger partial charge in [0.05, 0.1) is 18.9 Å². The van der Waals surface area contributed by atoms with Gasteiger partial charge in [0.15, 0.2) is 0 Å². The number of carbonyl (C=O) groups excluding carboxylic acids is 1. The molecule has 5 heteroatoms. The van der Waals surface area contributed by atoms with Crippen LogP contribution in [0.5, 0.6) is 5.75 Å². The van der Waals surface area contributed by atoms with Crippen molar-refractivity contribution in [3.63, 3.8) is 0 Å². The van der Waals surface area contributed by atoms with Crippen LogP contribution < -0.4 is 15.1 Å². The van der Waals surface area contributed by atoms with E-state index in [9.17, 15) is 4.79 Å². The van der Waals surface area contributed by atoms with Crippen molar-refractivity contribution in [3.8, 4) is 5.75 Å². The van der Waals surface area contributed by atoms with E-state index in [0.29, 0.717) is 17.2 Å². The van der Waals surface area contributed by atoms with Crippen LogP contribution in [0.1, 0.15) is 72.6 Å². The second-order valence-corrected chi connectivity index (χ2v) is 8.83. The molecule has 160 valence electrons. The highest BCUT2D eigenvalue weighted by atomic mass is 16.5. The number of aryl methyl sites for hydroxylation is 2. The third-order valence-corrected chi connectivity index (χ3v) is 6.06. The summed E-state index contributed by atoms with van der Waals surface area (Å²) in [5.41, 5.74) is 9.10. The normalized spacial score (nSPS) is 17.7. The lowest BCUT2D eigenvalue weighted by atomic mass is 9.79. The van der Waals surface area contributed by atoms with Crippen molar-refractivity contribution in [1.29, 1.82) is 0 Å². The van der Waals surface area contributed by atoms with Crippen LogP contribution in [0.3, 0.4) is 0 Å². The van der Waals surface area contributed by atoms with Crippen molar-refractivity contribution in [2.45, 2.75) is 59.4 Å². The standard InChI is InChI=1S/C25H33N3O2/c1-8-28-22-12-17(3)19(13-21(22)18(4)14-25(28,5)6)15-26-27-24(29)20-10-9-16(2)11-23(20)30-7/h9-13,15,18H,8,14H2,1-7H3,(H,27,29)/b26-15-. The minimum Gasteiger partial charge on any atom is -0.496 e. The minimum atomic E-state index is -0.286. The molecule has 1 heterocycles. The summed E-state index contributed by atoms with van der Waals surface area (Å²) in [4.78, 5) is 15.0. The number of methoxy groups -OCH3 is 1. The van der Waals surface area contributed by atoms with Crippen LogP contribution in [0.15, 0.2) is 35.4 Å². The topological polar surface area (TPSA) is 53.9 Å². The van der Waals surface area contributed by atoms with Crippen LogP contribution >= 0.6 is 0 Å². The van der Waals surface area contributed by atoms with Crippen molar-refractivity contribution >= 4 is 17.8 Å². The van der Waals surface area contributed by atoms with E-state index < -0.39 is 0 Å². The fraction of sp³-hybridized carbons (Fsp3) is 0.440. The third-order valence-electron chi connectivity index (χ3n) is 6.06. The van der Waals surface area contributed by atoms with Gasteiger partial charge in [-0.3, -0.25) is 4.79 Å². The van der Waals surface area contributed by atoms with Gasteiger partial charge in [-0.2, -0.15) is 5.10 Å². The summed E-state index contributed by atoms with van der Waals surface area (Å²) in [6, 6.07) is 9.95. The maximum Gasteiger partial charge on any atom is 0.275 e. The van der Waals surface area contributed by atoms with E-state index in [1.165, 1.54) is 11.3 Å². The maximum atomic E-state index is 12.5. The molecule has 1 unspecified atom stereocenters. The summed E-state index contributed by atoms with van der Waals surface area (Å²) in [7, 11) is 1.56. The molecule has 2 aromatic rings. The Hall–Kier alpha value is -2.82. The van der Waals surface area contributed by atoms with Gasteiger partial charge in [0.25, 0.3) is 5.91 Å². The molecule has 0 fully saturated rings. The number of amides is 1. The summed E-state index contributed by atoms with van der Waals surface area (Å²) in [6.45, 7) is 14.2. The molecule has 0 saturated heterocycles. The molecule has 1 N–H and O–H groups in total. The fourth-order valence-electron chi connectivity index (χ4n) is 4.60. The molecule has 0 bridgehead atoms. The first-order chi connectivity index (χ1) is 14.2. The van der Waals surface area contributed by atoms with Gasteiger partial charge in [0.2, 0.25) is 0 Å². The highest BCUT2D eigenvalue weighted by Gasteiger charge is 2.35. The molecule has 1 amide bonds. The van der Waals surface area contributed by atoms with E-state index in [0.717, 1.165) is 29.7 Å². The van der Waals surface area contributed by atoms with Crippen LogP contribution in [0.25, 0.3) is 0 Å². The molecule has 1 atom stereocenters. The van der Waals surface area contributed by atoms with Gasteiger partial charge in [-0.25, -0.2) is 5.43 Å². The number of anilines is 1. The Morgan fingerprint density at radius 1 is 1.30 bits per heavy atom. The van der Waals surface area contributed by atoms with E-state index in [1.54, 1.807) is 19.4 Å². The van der Waals surface area contributed by atoms with Crippen molar-refractivity contribution < 1.29 is 9.53 Å². The van der Waals surface area contributed by atoms with Crippen molar-refractivity contribution in [1.82, 2.24) is 5.43 Å². The highest BCUT2D eigenvalue weighted by molar-refractivity contribution is 5.97. The molecule has 0 aliphatic carbocycles. The smallest absolute Gasteiger partial charge is 0.275 e. The zero-order chi connectivity index (χ0) is 22.1. The van der Waals surface area contributed by atoms with Crippen LogP contribution in [0, 0.1) is 13.8 Å². The molecular weight excluding hydrogens is 374 g/mol. The van der Waals surface area contributed by atoms with E-state index in [-0.39, 0.29) is 11.4 Å². The van der Waals surface area contributed by atoms with Crippen molar-refractivity contribution in [3.05, 3.63) is 58.1 Å². The second kappa shape index (κ2) is 8.50. The predicted octanol–water partition coefficient (Wildman–Crippen LogP) is 5.19. The van der Waals surface area contributed by atoms with Crippen LogP contribution in [0.2, 0.25) is 0 Å². The van der Waals surface area contributed by atoms with Crippen LogP contribution in [-0.4, -0.2) is 31.3 Å². The van der Waals surface area contributed by atoms with Crippen molar-refractivity contribution in [2.24, 2.45) is 5.10 Å². The quantitative estimate of drug-likeness (QED) is 0.548. The molecule has 3 rings (SSSR count). The lowest BCUT2D eigenvalue weighted by molar-refractivity contribution is 0.0952. The Bertz CT molecular complexity index is 979. The van der Waals surface area contributed by atoms with Gasteiger partial charge >= 0.3 is 0 Å². The molecule has 30 heavy (non-hydrogen) atoms. The van der Waals surface area contributed by atoms with Crippen molar-refractivity contribution in [2.75, 3.05) is 18.6 Å². The first kappa shape index (κ1) is 21.9. The second-order valence-electron chi connectivity index (χ2n) is 8.83. The Kier molecular flexibility index (Phi) is 6.20. The Labute approximate surface area is 180 Å². The zero-order valence-electron chi connectivity index (χ0n) is 19.2. The van der Waals surface area contributed by atoms with Crippen LogP contribution in [0.4, 0.5) is 5.69 Å². The van der Waals surface area contributed by atoms with E-state index >= 15 is 0 Å². The van der Waals surface area contributed by atoms with Gasteiger partial charge in [0, 0.05) is 17.8 Å². The molecule has 0 radical (unpaired) electrons. The molecule has 5 nitrogen and oxygen atoms in total. The lowest BCUT2D eigenvalue weighted by Gasteiger charge is -2.47. The molecule has 1 aliphatic rings. The number of rotatable bonds is 5. The average molecular weight is 408 g/mol. The number of ether oxygens (including phenoxy) is 1. The molecule has 2 aromatic carbocycles. The average Bonchev–Trinajstić information content (AvgIpc) is 2.68. The van der Waals surface area contributed by atoms with Gasteiger partial charge < -0.3 is 9.64 Å². The number of hydrazone groups is 1. The molecule has 0 saturated carbocycles. The highest BCUT2D eigenvalue weighted by Crippen LogP contribution is 2.43. The van der Waals surface area contributed by atoms with E-state index in [2.05, 4.69) is 62.2 Å². The first-order valence-electron chi connectivity index (χ1n) is 10.6. The number of carbonyl (C=O) groups is 1. The van der Waals surface area contributed by atoms with Gasteiger partial charge in [-0.15, -0.1) is 0 Å². The summed E-state index contributed by atoms with van der Waals surface area (Å²) in [5, 5.41) is 4.22. The van der Waals surface area contributed by atoms with E-state index in [1.807, 2.05) is 19.1 Å². The summed E-state index contributed by atoms with van der Waals surface area (Å²) in [5.74, 6) is 0.728. The largest absolute Gasteiger partial charge is 0.496 e. The molecule has 0 aromatic heterocycles. The fourth-order valence-corrected chi connectivity index (χ4v) is 4.60. The number of hydrogen-bond donors (Lipinski definition) is 1. The monoisotopic (exact) mass is 407 g/mol. The predicted molar refractivity (Wildman–Crippen MR) is 124 cm³/mol. The minimum absolute atomic E-state index is 0.143. The lowest BCUT2D eigenvalue weighted by Crippen LogP contribution is -2.48. The molecule has 0 spiro atoms. The third kappa shape index (κ3) is 4.20. The summed E-state index contributed by atoms with van der Waals surface area (Å²) < 4.78 is 5.33. The first-order valence-corrected chi connectivity index (χ1v) is 10.6. The van der Waals surface area contributed by atoms with Gasteiger partial charge in [-0.1, -0.05) is 13.0 Å². The number of fused-ring (bicyclic) bond motifs is 1. The Morgan fingerprint density at radius 3 is 2.70 bits per heavy atom. The summed E-state index contributed by atoms with van der Waals surface area (Å²) >= 11 is 0. The Morgan fingerprint density at radius 2 is 2.03 bits per heavy atom. The Balaban J connectivity index is 1.84. The maximum absolute atomic E-state index is 12.5. The van der Waals surface area contributed by atoms with Gasteiger partial charge in [0.1, 0.15) is 5.75 Å². The number of nitrogens with one attached hydrogen (secondary N) is 1. The number of hydrogen-bond acceptors (Lipinski definition) is 4. The SMILES string of the molecule is CCN1c2cc(C)c(/C=N\NC(=O)c3ccc(C)cc3OC)cc2C(C)CC1(C)C. The van der Waals surface area contributed by atoms with Crippen LogP contribution in [-0.2, 0) is 0 Å². The molecule has 1 aliphatic heterocycles. The number of benzene rings is 2. The number of nitrogens with zero attached hydrogens (tertiary/aromatic N) is 2. The van der Waals surface area contributed by atoms with Gasteiger partial charge in [-0.05, 0) is 93.5 Å². The van der Waals surface area contributed by atoms with E-state index in [4.69, 9.17) is 4.74 Å². The molecular formula is C25H33N3O2. The summed E-state index contributed by atoms with van der Waals surface area (Å²) in [6.07, 6.45) is 2.84.